The maximum atomic E-state index is 12.5. The van der Waals surface area contributed by atoms with E-state index in [0.29, 0.717) is 25.9 Å². The van der Waals surface area contributed by atoms with Gasteiger partial charge in [0.2, 0.25) is 5.91 Å². The Labute approximate surface area is 476 Å². The molecule has 0 aromatic rings. The molecule has 6 heteroatoms. The van der Waals surface area contributed by atoms with Gasteiger partial charge < -0.3 is 20.3 Å². The second kappa shape index (κ2) is 66.1. The summed E-state index contributed by atoms with van der Waals surface area (Å²) in [6.07, 6.45) is 81.1. The summed E-state index contributed by atoms with van der Waals surface area (Å²) in [5.74, 6) is -0.0217. The van der Waals surface area contributed by atoms with Crippen molar-refractivity contribution in [3.63, 3.8) is 0 Å². The van der Waals surface area contributed by atoms with E-state index in [4.69, 9.17) is 4.74 Å². The largest absolute Gasteiger partial charge is 0.466 e. The fourth-order valence-electron chi connectivity index (χ4n) is 11.2. The van der Waals surface area contributed by atoms with Gasteiger partial charge in [0.1, 0.15) is 0 Å². The summed E-state index contributed by atoms with van der Waals surface area (Å²) in [6.45, 7) is 4.99. The number of aliphatic hydroxyl groups is 2. The lowest BCUT2D eigenvalue weighted by molar-refractivity contribution is -0.143. The molecule has 0 radical (unpaired) electrons. The molecule has 0 aliphatic heterocycles. The van der Waals surface area contributed by atoms with Gasteiger partial charge in [0.25, 0.3) is 0 Å². The van der Waals surface area contributed by atoms with Crippen LogP contribution in [-0.2, 0) is 14.3 Å². The number of allylic oxidation sites excluding steroid dienone is 2. The number of carbonyl (C=O) groups is 2. The molecule has 0 aromatic heterocycles. The molecular formula is C70H137NO5. The number of hydrogen-bond acceptors (Lipinski definition) is 5. The van der Waals surface area contributed by atoms with Gasteiger partial charge in [0, 0.05) is 12.8 Å². The maximum absolute atomic E-state index is 12.5. The van der Waals surface area contributed by atoms with E-state index in [1.165, 1.54) is 321 Å². The van der Waals surface area contributed by atoms with Crippen LogP contribution in [0.2, 0.25) is 0 Å². The quantitative estimate of drug-likeness (QED) is 0.0320. The van der Waals surface area contributed by atoms with Crippen molar-refractivity contribution >= 4 is 11.9 Å². The molecule has 2 unspecified atom stereocenters. The molecule has 76 heavy (non-hydrogen) atoms. The van der Waals surface area contributed by atoms with E-state index >= 15 is 0 Å². The van der Waals surface area contributed by atoms with E-state index in [-0.39, 0.29) is 18.5 Å². The van der Waals surface area contributed by atoms with E-state index in [0.717, 1.165) is 44.9 Å². The van der Waals surface area contributed by atoms with Crippen molar-refractivity contribution in [1.29, 1.82) is 0 Å². The van der Waals surface area contributed by atoms with Crippen molar-refractivity contribution in [3.8, 4) is 0 Å². The molecule has 0 saturated heterocycles. The van der Waals surface area contributed by atoms with E-state index in [1.54, 1.807) is 0 Å². The van der Waals surface area contributed by atoms with Crippen LogP contribution in [0.15, 0.2) is 12.2 Å². The predicted molar refractivity (Wildman–Crippen MR) is 333 cm³/mol. The van der Waals surface area contributed by atoms with Crippen LogP contribution in [0.25, 0.3) is 0 Å². The highest BCUT2D eigenvalue weighted by Gasteiger charge is 2.20. The Bertz CT molecular complexity index is 1140. The van der Waals surface area contributed by atoms with Gasteiger partial charge in [-0.1, -0.05) is 347 Å². The molecule has 3 N–H and O–H groups in total. The van der Waals surface area contributed by atoms with E-state index < -0.39 is 12.1 Å². The molecule has 1 amide bonds. The van der Waals surface area contributed by atoms with Crippen LogP contribution < -0.4 is 5.32 Å². The van der Waals surface area contributed by atoms with Crippen LogP contribution >= 0.6 is 0 Å². The van der Waals surface area contributed by atoms with Gasteiger partial charge in [-0.15, -0.1) is 0 Å². The first-order valence-corrected chi connectivity index (χ1v) is 34.9. The van der Waals surface area contributed by atoms with E-state index in [2.05, 4.69) is 31.3 Å². The molecule has 0 aromatic carbocycles. The molecule has 0 spiro atoms. The second-order valence-corrected chi connectivity index (χ2v) is 24.2. The minimum absolute atomic E-state index is 0.00824. The van der Waals surface area contributed by atoms with E-state index in [9.17, 15) is 19.8 Å². The lowest BCUT2D eigenvalue weighted by Gasteiger charge is -2.22. The van der Waals surface area contributed by atoms with Crippen molar-refractivity contribution in [3.05, 3.63) is 12.2 Å². The van der Waals surface area contributed by atoms with Crippen LogP contribution in [0.1, 0.15) is 399 Å². The average molecular weight is 1070 g/mol. The maximum Gasteiger partial charge on any atom is 0.305 e. The molecule has 452 valence electrons. The first kappa shape index (κ1) is 74.6. The lowest BCUT2D eigenvalue weighted by atomic mass is 10.0. The van der Waals surface area contributed by atoms with Crippen molar-refractivity contribution in [2.45, 2.75) is 411 Å². The molecule has 0 saturated carbocycles. The topological polar surface area (TPSA) is 95.9 Å². The number of aliphatic hydroxyl groups excluding tert-OH is 2. The normalized spacial score (nSPS) is 12.5. The first-order chi connectivity index (χ1) is 37.5. The van der Waals surface area contributed by atoms with Crippen molar-refractivity contribution in [2.75, 3.05) is 13.2 Å². The minimum atomic E-state index is -0.664. The molecule has 6 nitrogen and oxygen atoms in total. The molecule has 0 fully saturated rings. The molecule has 0 aliphatic carbocycles. The predicted octanol–water partition coefficient (Wildman–Crippen LogP) is 22.4. The Balaban J connectivity index is 3.37. The first-order valence-electron chi connectivity index (χ1n) is 34.9. The summed E-state index contributed by atoms with van der Waals surface area (Å²) in [4.78, 5) is 24.6. The summed E-state index contributed by atoms with van der Waals surface area (Å²) in [7, 11) is 0. The third-order valence-corrected chi connectivity index (χ3v) is 16.6. The van der Waals surface area contributed by atoms with Crippen LogP contribution in [0.5, 0.6) is 0 Å². The number of ether oxygens (including phenoxy) is 1. The minimum Gasteiger partial charge on any atom is -0.466 e. The summed E-state index contributed by atoms with van der Waals surface area (Å²) in [6, 6.07) is -0.541. The van der Waals surface area contributed by atoms with E-state index in [1.807, 2.05) is 0 Å². The van der Waals surface area contributed by atoms with Gasteiger partial charge in [-0.05, 0) is 51.4 Å². The highest BCUT2D eigenvalue weighted by Crippen LogP contribution is 2.19. The standard InChI is InChI=1S/C70H137NO5/c1-3-5-7-9-11-13-15-17-19-21-22-28-31-34-38-42-46-50-54-58-62-68(73)67(66-72)71-69(74)63-59-55-51-47-43-39-35-32-29-26-24-23-25-27-30-33-37-41-45-49-53-57-61-65-76-70(75)64-60-56-52-48-44-40-36-20-18-16-14-12-10-8-6-4-2/h20,36,67-68,72-73H,3-19,21-35,37-66H2,1-2H3,(H,71,74)/b36-20-. The highest BCUT2D eigenvalue weighted by atomic mass is 16.5. The molecule has 0 aliphatic rings. The van der Waals surface area contributed by atoms with Gasteiger partial charge in [-0.3, -0.25) is 9.59 Å². The smallest absolute Gasteiger partial charge is 0.305 e. The SMILES string of the molecule is CCCCCCCCC/C=C\CCCCCCCC(=O)OCCCCCCCCCCCCCCCCCCCCCCCCCC(=O)NC(CO)C(O)CCCCCCCCCCCCCCCCCCCCCC. The fourth-order valence-corrected chi connectivity index (χ4v) is 11.2. The number of amides is 1. The zero-order chi connectivity index (χ0) is 55.0. The van der Waals surface area contributed by atoms with Crippen LogP contribution in [0, 0.1) is 0 Å². The molecule has 0 rings (SSSR count). The van der Waals surface area contributed by atoms with Gasteiger partial charge in [0.05, 0.1) is 25.4 Å². The molecule has 0 bridgehead atoms. The average Bonchev–Trinajstić information content (AvgIpc) is 3.42. The lowest BCUT2D eigenvalue weighted by Crippen LogP contribution is -2.45. The summed E-state index contributed by atoms with van der Waals surface area (Å²) >= 11 is 0. The highest BCUT2D eigenvalue weighted by molar-refractivity contribution is 5.76. The molecular weight excluding hydrogens is 935 g/mol. The summed E-state index contributed by atoms with van der Waals surface area (Å²) < 4.78 is 5.49. The zero-order valence-electron chi connectivity index (χ0n) is 51.8. The second-order valence-electron chi connectivity index (χ2n) is 24.2. The van der Waals surface area contributed by atoms with Gasteiger partial charge in [0.15, 0.2) is 0 Å². The zero-order valence-corrected chi connectivity index (χ0v) is 51.8. The summed E-state index contributed by atoms with van der Waals surface area (Å²) in [5, 5.41) is 23.4. The van der Waals surface area contributed by atoms with Crippen molar-refractivity contribution in [2.24, 2.45) is 0 Å². The number of nitrogens with one attached hydrogen (secondary N) is 1. The van der Waals surface area contributed by atoms with Gasteiger partial charge >= 0.3 is 5.97 Å². The number of esters is 1. The van der Waals surface area contributed by atoms with Crippen LogP contribution in [-0.4, -0.2) is 47.4 Å². The Morgan fingerprint density at radius 2 is 0.618 bits per heavy atom. The number of unbranched alkanes of at least 4 members (excludes halogenated alkanes) is 53. The Hall–Kier alpha value is -1.40. The Kier molecular flexibility index (Phi) is 64.9. The summed E-state index contributed by atoms with van der Waals surface area (Å²) in [5.41, 5.74) is 0. The van der Waals surface area contributed by atoms with Crippen molar-refractivity contribution < 1.29 is 24.5 Å². The van der Waals surface area contributed by atoms with Crippen LogP contribution in [0.4, 0.5) is 0 Å². The fraction of sp³-hybridized carbons (Fsp3) is 0.943. The third kappa shape index (κ3) is 61.8. The monoisotopic (exact) mass is 1070 g/mol. The Morgan fingerprint density at radius 3 is 0.934 bits per heavy atom. The van der Waals surface area contributed by atoms with Gasteiger partial charge in [-0.25, -0.2) is 0 Å². The number of hydrogen-bond donors (Lipinski definition) is 3. The number of carbonyl (C=O) groups excluding carboxylic acids is 2. The van der Waals surface area contributed by atoms with Crippen LogP contribution in [0.3, 0.4) is 0 Å². The van der Waals surface area contributed by atoms with Crippen molar-refractivity contribution in [1.82, 2.24) is 5.32 Å². The molecule has 0 heterocycles. The van der Waals surface area contributed by atoms with Gasteiger partial charge in [-0.2, -0.15) is 0 Å². The third-order valence-electron chi connectivity index (χ3n) is 16.6. The number of rotatable bonds is 66. The molecule has 2 atom stereocenters. The Morgan fingerprint density at radius 1 is 0.355 bits per heavy atom.